The van der Waals surface area contributed by atoms with E-state index in [2.05, 4.69) is 39.2 Å². The van der Waals surface area contributed by atoms with Gasteiger partial charge in [0.05, 0.1) is 11.6 Å². The van der Waals surface area contributed by atoms with Gasteiger partial charge in [-0.3, -0.25) is 9.59 Å². The maximum atomic E-state index is 12.9. The summed E-state index contributed by atoms with van der Waals surface area (Å²) in [5, 5.41) is 3.15. The van der Waals surface area contributed by atoms with E-state index in [1.807, 2.05) is 30.3 Å². The first kappa shape index (κ1) is 24.4. The van der Waals surface area contributed by atoms with Gasteiger partial charge < -0.3 is 20.2 Å². The van der Waals surface area contributed by atoms with E-state index in [0.717, 1.165) is 18.6 Å². The average molecular weight is 457 g/mol. The van der Waals surface area contributed by atoms with Crippen molar-refractivity contribution in [3.8, 4) is 0 Å². The van der Waals surface area contributed by atoms with Crippen molar-refractivity contribution in [3.05, 3.63) is 59.4 Å². The summed E-state index contributed by atoms with van der Waals surface area (Å²) in [6.07, 6.45) is 3.95. The highest BCUT2D eigenvalue weighted by atomic mass is 28.4. The van der Waals surface area contributed by atoms with Crippen molar-refractivity contribution in [2.75, 3.05) is 13.2 Å². The molecule has 3 N–H and O–H groups in total. The zero-order valence-electron chi connectivity index (χ0n) is 19.8. The molecule has 3 atom stereocenters. The van der Waals surface area contributed by atoms with E-state index in [1.165, 1.54) is 6.08 Å². The maximum Gasteiger partial charge on any atom is 0.253 e. The molecule has 1 aromatic carbocycles. The van der Waals surface area contributed by atoms with Crippen molar-refractivity contribution < 1.29 is 18.8 Å². The van der Waals surface area contributed by atoms with Gasteiger partial charge in [0, 0.05) is 13.2 Å². The number of hydrogen-bond donors (Lipinski definition) is 2. The fraction of sp³-hybridized carbons (Fsp3) is 0.520. The largest absolute Gasteiger partial charge is 0.484 e. The van der Waals surface area contributed by atoms with Gasteiger partial charge in [-0.05, 0) is 48.0 Å². The van der Waals surface area contributed by atoms with Crippen LogP contribution in [0.15, 0.2) is 53.8 Å². The van der Waals surface area contributed by atoms with Crippen molar-refractivity contribution in [1.29, 1.82) is 0 Å². The molecule has 7 heteroatoms. The molecule has 0 radical (unpaired) electrons. The minimum atomic E-state index is -1.76. The Morgan fingerprint density at radius 1 is 1.19 bits per heavy atom. The Hall–Kier alpha value is -2.22. The maximum absolute atomic E-state index is 12.9. The summed E-state index contributed by atoms with van der Waals surface area (Å²) < 4.78 is 12.1. The Bertz CT molecular complexity index is 902. The molecule has 2 aliphatic rings. The Morgan fingerprint density at radius 2 is 1.88 bits per heavy atom. The standard InChI is InChI=1S/C25H36N2O4Si/c1-25(2,3)32(4,5)31-16-19-13-18(19)14-27-24(29)22-20(26)11-12-21(28)23(22)30-15-17-9-7-6-8-10-17/h6-12,18-20H,13-16,26H2,1-5H3,(H,27,29). The Labute approximate surface area is 192 Å². The average Bonchev–Trinajstić information content (AvgIpc) is 3.49. The molecule has 1 fully saturated rings. The van der Waals surface area contributed by atoms with E-state index in [9.17, 15) is 9.59 Å². The highest BCUT2D eigenvalue weighted by Crippen LogP contribution is 2.42. The van der Waals surface area contributed by atoms with E-state index in [1.54, 1.807) is 6.08 Å². The van der Waals surface area contributed by atoms with E-state index < -0.39 is 14.4 Å². The molecular weight excluding hydrogens is 420 g/mol. The minimum Gasteiger partial charge on any atom is -0.484 e. The van der Waals surface area contributed by atoms with Crippen LogP contribution in [0.5, 0.6) is 0 Å². The predicted octanol–water partition coefficient (Wildman–Crippen LogP) is 3.70. The summed E-state index contributed by atoms with van der Waals surface area (Å²) in [5.41, 5.74) is 7.25. The number of ether oxygens (including phenoxy) is 1. The molecule has 6 nitrogen and oxygen atoms in total. The number of carbonyl (C=O) groups excluding carboxylic acids is 2. The van der Waals surface area contributed by atoms with Crippen molar-refractivity contribution in [1.82, 2.24) is 5.32 Å². The van der Waals surface area contributed by atoms with Gasteiger partial charge in [0.2, 0.25) is 5.78 Å². The van der Waals surface area contributed by atoms with Gasteiger partial charge in [0.15, 0.2) is 14.1 Å². The molecule has 0 saturated heterocycles. The molecule has 3 unspecified atom stereocenters. The second kappa shape index (κ2) is 9.73. The lowest BCUT2D eigenvalue weighted by atomic mass is 9.97. The third-order valence-electron chi connectivity index (χ3n) is 6.79. The third kappa shape index (κ3) is 5.97. The molecular formula is C25H36N2O4Si. The SMILES string of the molecule is CC(C)(C)[Si](C)(C)OCC1CC1CNC(=O)C1=C(OCc2ccccc2)C(=O)C=CC1N. The zero-order chi connectivity index (χ0) is 23.5. The number of ketones is 1. The molecule has 0 aliphatic heterocycles. The van der Waals surface area contributed by atoms with Crippen LogP contribution in [0, 0.1) is 11.8 Å². The Morgan fingerprint density at radius 3 is 2.53 bits per heavy atom. The highest BCUT2D eigenvalue weighted by molar-refractivity contribution is 6.74. The van der Waals surface area contributed by atoms with Crippen molar-refractivity contribution >= 4 is 20.0 Å². The molecule has 0 aromatic heterocycles. The molecule has 0 spiro atoms. The molecule has 1 amide bonds. The van der Waals surface area contributed by atoms with Crippen molar-refractivity contribution in [3.63, 3.8) is 0 Å². The molecule has 2 aliphatic carbocycles. The van der Waals surface area contributed by atoms with E-state index in [4.69, 9.17) is 14.9 Å². The van der Waals surface area contributed by atoms with E-state index in [0.29, 0.717) is 18.4 Å². The first-order chi connectivity index (χ1) is 15.0. The second-order valence-electron chi connectivity index (χ2n) is 10.3. The van der Waals surface area contributed by atoms with Crippen LogP contribution in [0.25, 0.3) is 0 Å². The topological polar surface area (TPSA) is 90.6 Å². The smallest absolute Gasteiger partial charge is 0.253 e. The van der Waals surface area contributed by atoms with Crippen LogP contribution in [0.2, 0.25) is 18.1 Å². The lowest BCUT2D eigenvalue weighted by molar-refractivity contribution is -0.120. The Balaban J connectivity index is 1.56. The Kier molecular flexibility index (Phi) is 7.42. The second-order valence-corrected chi connectivity index (χ2v) is 15.1. The van der Waals surface area contributed by atoms with Crippen molar-refractivity contribution in [2.45, 2.75) is 58.0 Å². The van der Waals surface area contributed by atoms with Gasteiger partial charge in [-0.15, -0.1) is 0 Å². The van der Waals surface area contributed by atoms with E-state index >= 15 is 0 Å². The number of benzene rings is 1. The van der Waals surface area contributed by atoms with Crippen LogP contribution < -0.4 is 11.1 Å². The fourth-order valence-electron chi connectivity index (χ4n) is 3.40. The molecule has 1 aromatic rings. The van der Waals surface area contributed by atoms with Gasteiger partial charge in [0.25, 0.3) is 5.91 Å². The van der Waals surface area contributed by atoms with Crippen LogP contribution in [-0.4, -0.2) is 39.2 Å². The van der Waals surface area contributed by atoms with Crippen LogP contribution >= 0.6 is 0 Å². The first-order valence-corrected chi connectivity index (χ1v) is 14.2. The number of nitrogens with one attached hydrogen (secondary N) is 1. The van der Waals surface area contributed by atoms with Gasteiger partial charge in [-0.1, -0.05) is 57.2 Å². The summed E-state index contributed by atoms with van der Waals surface area (Å²) >= 11 is 0. The van der Waals surface area contributed by atoms with Crippen LogP contribution in [-0.2, 0) is 25.4 Å². The lowest BCUT2D eigenvalue weighted by Gasteiger charge is -2.36. The van der Waals surface area contributed by atoms with Crippen LogP contribution in [0.3, 0.4) is 0 Å². The number of allylic oxidation sites excluding steroid dienone is 1. The molecule has 32 heavy (non-hydrogen) atoms. The number of nitrogens with two attached hydrogens (primary N) is 1. The molecule has 1 saturated carbocycles. The first-order valence-electron chi connectivity index (χ1n) is 11.3. The number of rotatable bonds is 9. The summed E-state index contributed by atoms with van der Waals surface area (Å²) in [5.74, 6) is 0.224. The number of amides is 1. The molecule has 3 rings (SSSR count). The summed E-state index contributed by atoms with van der Waals surface area (Å²) in [4.78, 5) is 25.3. The lowest BCUT2D eigenvalue weighted by Crippen LogP contribution is -2.41. The van der Waals surface area contributed by atoms with Crippen LogP contribution in [0.4, 0.5) is 0 Å². The molecule has 0 bridgehead atoms. The van der Waals surface area contributed by atoms with Gasteiger partial charge >= 0.3 is 0 Å². The highest BCUT2D eigenvalue weighted by Gasteiger charge is 2.42. The summed E-state index contributed by atoms with van der Waals surface area (Å²) in [6.45, 7) is 12.7. The minimum absolute atomic E-state index is 0.0370. The number of carbonyl (C=O) groups is 2. The van der Waals surface area contributed by atoms with Gasteiger partial charge in [0.1, 0.15) is 6.61 Å². The monoisotopic (exact) mass is 456 g/mol. The molecule has 174 valence electrons. The summed E-state index contributed by atoms with van der Waals surface area (Å²) in [6, 6.07) is 8.85. The van der Waals surface area contributed by atoms with Crippen molar-refractivity contribution in [2.24, 2.45) is 17.6 Å². The quantitative estimate of drug-likeness (QED) is 0.553. The summed E-state index contributed by atoms with van der Waals surface area (Å²) in [7, 11) is -1.76. The number of hydrogen-bond acceptors (Lipinski definition) is 5. The molecule has 0 heterocycles. The predicted molar refractivity (Wildman–Crippen MR) is 128 cm³/mol. The zero-order valence-corrected chi connectivity index (χ0v) is 20.8. The van der Waals surface area contributed by atoms with Gasteiger partial charge in [-0.25, -0.2) is 0 Å². The van der Waals surface area contributed by atoms with Crippen LogP contribution in [0.1, 0.15) is 32.8 Å². The third-order valence-corrected chi connectivity index (χ3v) is 11.3. The fourth-order valence-corrected chi connectivity index (χ4v) is 4.46. The normalized spacial score (nSPS) is 23.3. The van der Waals surface area contributed by atoms with E-state index in [-0.39, 0.29) is 34.7 Å². The van der Waals surface area contributed by atoms with Gasteiger partial charge in [-0.2, -0.15) is 0 Å².